The molecule has 64 valence electrons. The number of morpholine rings is 1. The number of carbonyl (C=O) groups is 1. The van der Waals surface area contributed by atoms with Crippen molar-refractivity contribution in [2.24, 2.45) is 0 Å². The first-order valence-corrected chi connectivity index (χ1v) is 3.96. The van der Waals surface area contributed by atoms with Gasteiger partial charge in [0, 0.05) is 6.04 Å². The van der Waals surface area contributed by atoms with Crippen LogP contribution in [0.15, 0.2) is 0 Å². The van der Waals surface area contributed by atoms with Crippen molar-refractivity contribution in [2.75, 3.05) is 7.05 Å². The van der Waals surface area contributed by atoms with Crippen LogP contribution in [0.2, 0.25) is 0 Å². The van der Waals surface area contributed by atoms with Crippen LogP contribution >= 0.6 is 0 Å². The number of likely N-dealkylation sites (N-methyl/N-ethyl adjacent to an activating group) is 1. The molecule has 1 saturated heterocycles. The first-order valence-electron chi connectivity index (χ1n) is 3.96. The summed E-state index contributed by atoms with van der Waals surface area (Å²) in [7, 11) is 1.95. The molecule has 0 aromatic rings. The summed E-state index contributed by atoms with van der Waals surface area (Å²) in [6.07, 6.45) is 0.0173. The quantitative estimate of drug-likeness (QED) is 0.483. The van der Waals surface area contributed by atoms with Crippen molar-refractivity contribution in [3.8, 4) is 0 Å². The topological polar surface area (TPSA) is 29.5 Å². The molecule has 0 spiro atoms. The van der Waals surface area contributed by atoms with Crippen LogP contribution in [0.1, 0.15) is 20.8 Å². The predicted molar refractivity (Wildman–Crippen MR) is 42.2 cm³/mol. The first kappa shape index (κ1) is 8.53. The van der Waals surface area contributed by atoms with Gasteiger partial charge < -0.3 is 4.74 Å². The average Bonchev–Trinajstić information content (AvgIpc) is 1.97. The summed E-state index contributed by atoms with van der Waals surface area (Å²) < 4.78 is 5.10. The Hall–Kier alpha value is -0.570. The number of nitrogens with zero attached hydrogens (tertiary/aromatic N) is 1. The molecule has 0 aromatic carbocycles. The molecule has 3 atom stereocenters. The Labute approximate surface area is 67.3 Å². The maximum atomic E-state index is 11.1. The van der Waals surface area contributed by atoms with Gasteiger partial charge in [0.2, 0.25) is 0 Å². The van der Waals surface area contributed by atoms with E-state index in [4.69, 9.17) is 4.74 Å². The highest BCUT2D eigenvalue weighted by molar-refractivity contribution is 5.76. The lowest BCUT2D eigenvalue weighted by Crippen LogP contribution is -2.53. The van der Waals surface area contributed by atoms with Crippen LogP contribution in [0.25, 0.3) is 0 Å². The summed E-state index contributed by atoms with van der Waals surface area (Å²) >= 11 is 0. The summed E-state index contributed by atoms with van der Waals surface area (Å²) in [5.74, 6) is -0.113. The Kier molecular flexibility index (Phi) is 2.18. The second-order valence-electron chi connectivity index (χ2n) is 3.22. The van der Waals surface area contributed by atoms with Gasteiger partial charge in [-0.05, 0) is 27.8 Å². The van der Waals surface area contributed by atoms with Crippen LogP contribution < -0.4 is 0 Å². The molecule has 1 aliphatic rings. The number of esters is 1. The SMILES string of the molecule is CC1OC(=O)C(C)N(C)C1C. The fraction of sp³-hybridized carbons (Fsp3) is 0.875. The summed E-state index contributed by atoms with van der Waals surface area (Å²) in [6.45, 7) is 5.85. The Bertz CT molecular complexity index is 169. The molecule has 1 fully saturated rings. The van der Waals surface area contributed by atoms with Gasteiger partial charge in [-0.1, -0.05) is 0 Å². The van der Waals surface area contributed by atoms with E-state index in [1.54, 1.807) is 0 Å². The number of hydrogen-bond donors (Lipinski definition) is 0. The monoisotopic (exact) mass is 157 g/mol. The highest BCUT2D eigenvalue weighted by atomic mass is 16.5. The van der Waals surface area contributed by atoms with Crippen molar-refractivity contribution in [3.05, 3.63) is 0 Å². The normalized spacial score (nSPS) is 40.4. The van der Waals surface area contributed by atoms with Crippen molar-refractivity contribution in [2.45, 2.75) is 39.0 Å². The second-order valence-corrected chi connectivity index (χ2v) is 3.22. The van der Waals surface area contributed by atoms with E-state index < -0.39 is 0 Å². The number of cyclic esters (lactones) is 1. The Balaban J connectivity index is 2.70. The molecule has 0 N–H and O–H groups in total. The third-order valence-corrected chi connectivity index (χ3v) is 2.58. The Morgan fingerprint density at radius 2 is 1.91 bits per heavy atom. The molecule has 0 aromatic heterocycles. The molecule has 3 unspecified atom stereocenters. The zero-order valence-corrected chi connectivity index (χ0v) is 7.50. The fourth-order valence-corrected chi connectivity index (χ4v) is 1.23. The molecule has 1 heterocycles. The Morgan fingerprint density at radius 3 is 2.45 bits per heavy atom. The first-order chi connectivity index (χ1) is 5.04. The molecule has 1 rings (SSSR count). The highest BCUT2D eigenvalue weighted by Gasteiger charge is 2.34. The molecule has 1 aliphatic heterocycles. The van der Waals surface area contributed by atoms with Crippen LogP contribution in [-0.2, 0) is 9.53 Å². The molecular weight excluding hydrogens is 142 g/mol. The van der Waals surface area contributed by atoms with Crippen molar-refractivity contribution in [3.63, 3.8) is 0 Å². The van der Waals surface area contributed by atoms with Crippen molar-refractivity contribution >= 4 is 5.97 Å². The average molecular weight is 157 g/mol. The van der Waals surface area contributed by atoms with Crippen LogP contribution in [0.4, 0.5) is 0 Å². The maximum absolute atomic E-state index is 11.1. The Morgan fingerprint density at radius 1 is 1.36 bits per heavy atom. The summed E-state index contributed by atoms with van der Waals surface area (Å²) in [5, 5.41) is 0. The van der Waals surface area contributed by atoms with E-state index in [-0.39, 0.29) is 18.1 Å². The predicted octanol–water partition coefficient (Wildman–Crippen LogP) is 0.641. The zero-order valence-electron chi connectivity index (χ0n) is 7.50. The molecular formula is C8H15NO2. The minimum absolute atomic E-state index is 0.0173. The van der Waals surface area contributed by atoms with Crippen molar-refractivity contribution < 1.29 is 9.53 Å². The molecule has 0 radical (unpaired) electrons. The van der Waals surface area contributed by atoms with E-state index >= 15 is 0 Å². The molecule has 0 amide bonds. The second kappa shape index (κ2) is 2.81. The third kappa shape index (κ3) is 1.38. The van der Waals surface area contributed by atoms with E-state index in [9.17, 15) is 4.79 Å². The van der Waals surface area contributed by atoms with Crippen LogP contribution in [0.3, 0.4) is 0 Å². The van der Waals surface area contributed by atoms with Crippen LogP contribution in [0, 0.1) is 0 Å². The molecule has 3 nitrogen and oxygen atoms in total. The van der Waals surface area contributed by atoms with Crippen molar-refractivity contribution in [1.82, 2.24) is 4.90 Å². The van der Waals surface area contributed by atoms with Gasteiger partial charge >= 0.3 is 5.97 Å². The van der Waals surface area contributed by atoms with E-state index in [1.807, 2.05) is 25.8 Å². The summed E-state index contributed by atoms with van der Waals surface area (Å²) in [6, 6.07) is 0.226. The number of hydrogen-bond acceptors (Lipinski definition) is 3. The molecule has 11 heavy (non-hydrogen) atoms. The number of rotatable bonds is 0. The lowest BCUT2D eigenvalue weighted by atomic mass is 10.1. The van der Waals surface area contributed by atoms with Crippen molar-refractivity contribution in [1.29, 1.82) is 0 Å². The van der Waals surface area contributed by atoms with Gasteiger partial charge in [-0.25, -0.2) is 0 Å². The maximum Gasteiger partial charge on any atom is 0.323 e. The van der Waals surface area contributed by atoms with Gasteiger partial charge in [0.1, 0.15) is 12.1 Å². The third-order valence-electron chi connectivity index (χ3n) is 2.58. The summed E-state index contributed by atoms with van der Waals surface area (Å²) in [4.78, 5) is 13.1. The molecule has 3 heteroatoms. The zero-order chi connectivity index (χ0) is 8.59. The van der Waals surface area contributed by atoms with E-state index in [0.29, 0.717) is 6.04 Å². The standard InChI is InChI=1S/C8H15NO2/c1-5-7(3)11-8(10)6(2)9(5)4/h5-7H,1-4H3. The fourth-order valence-electron chi connectivity index (χ4n) is 1.23. The van der Waals surface area contributed by atoms with Crippen LogP contribution in [0.5, 0.6) is 0 Å². The number of ether oxygens (including phenoxy) is 1. The minimum atomic E-state index is -0.113. The minimum Gasteiger partial charge on any atom is -0.460 e. The van der Waals surface area contributed by atoms with E-state index in [1.165, 1.54) is 0 Å². The molecule has 0 bridgehead atoms. The largest absolute Gasteiger partial charge is 0.460 e. The van der Waals surface area contributed by atoms with Gasteiger partial charge in [-0.15, -0.1) is 0 Å². The molecule has 0 saturated carbocycles. The van der Waals surface area contributed by atoms with Gasteiger partial charge in [0.25, 0.3) is 0 Å². The van der Waals surface area contributed by atoms with E-state index in [2.05, 4.69) is 6.92 Å². The van der Waals surface area contributed by atoms with E-state index in [0.717, 1.165) is 0 Å². The molecule has 0 aliphatic carbocycles. The number of carbonyl (C=O) groups excluding carboxylic acids is 1. The van der Waals surface area contributed by atoms with Gasteiger partial charge in [-0.3, -0.25) is 9.69 Å². The van der Waals surface area contributed by atoms with Gasteiger partial charge in [0.05, 0.1) is 0 Å². The lowest BCUT2D eigenvalue weighted by Gasteiger charge is -2.38. The lowest BCUT2D eigenvalue weighted by molar-refractivity contribution is -0.168. The van der Waals surface area contributed by atoms with Crippen LogP contribution in [-0.4, -0.2) is 36.1 Å². The smallest absolute Gasteiger partial charge is 0.323 e. The summed E-state index contributed by atoms with van der Waals surface area (Å²) in [5.41, 5.74) is 0. The van der Waals surface area contributed by atoms with Gasteiger partial charge in [0.15, 0.2) is 0 Å². The highest BCUT2D eigenvalue weighted by Crippen LogP contribution is 2.16. The van der Waals surface area contributed by atoms with Gasteiger partial charge in [-0.2, -0.15) is 0 Å².